The highest BCUT2D eigenvalue weighted by atomic mass is 35.5. The molecule has 0 atom stereocenters. The van der Waals surface area contributed by atoms with Crippen molar-refractivity contribution in [2.24, 2.45) is 0 Å². The molecule has 12 heteroatoms. The molecule has 0 aliphatic rings. The van der Waals surface area contributed by atoms with Gasteiger partial charge in [0.2, 0.25) is 0 Å². The Morgan fingerprint density at radius 3 is 1.58 bits per heavy atom. The number of rotatable bonds is 13. The van der Waals surface area contributed by atoms with Crippen LogP contribution in [-0.4, -0.2) is 20.2 Å². The summed E-state index contributed by atoms with van der Waals surface area (Å²) in [5.41, 5.74) is 4.79. The predicted octanol–water partition coefficient (Wildman–Crippen LogP) is 11.7. The van der Waals surface area contributed by atoms with Crippen LogP contribution in [0.3, 0.4) is 0 Å². The molecule has 0 unspecified atom stereocenters. The molecule has 2 aromatic heterocycles. The van der Waals surface area contributed by atoms with Gasteiger partial charge in [0.25, 0.3) is 0 Å². The number of benzene rings is 4. The number of halogens is 4. The maximum atomic E-state index is 11.5. The molecule has 0 spiro atoms. The SMILES string of the molecule is Cc1cc2cc(OCc3c(Cl)cccc3Cl)ccc2n1CCCC#N.N#CCCCn1c(C(=O)O)cc2cc(OCc3c(Cl)cccc3Cl)ccc21. The highest BCUT2D eigenvalue weighted by Crippen LogP contribution is 2.30. The fraction of sp³-hybridized carbons (Fsp3) is 0.225. The Morgan fingerprint density at radius 2 is 1.12 bits per heavy atom. The summed E-state index contributed by atoms with van der Waals surface area (Å²) in [6, 6.07) is 30.1. The van der Waals surface area contributed by atoms with Gasteiger partial charge in [-0.2, -0.15) is 10.5 Å². The van der Waals surface area contributed by atoms with Crippen molar-refractivity contribution in [2.75, 3.05) is 0 Å². The van der Waals surface area contributed by atoms with E-state index in [-0.39, 0.29) is 12.3 Å². The Labute approximate surface area is 321 Å². The Hall–Kier alpha value is -4.83. The third kappa shape index (κ3) is 9.33. The number of carboxylic acid groups (broad SMARTS) is 1. The van der Waals surface area contributed by atoms with Gasteiger partial charge in [0.05, 0.1) is 12.1 Å². The minimum absolute atomic E-state index is 0.189. The summed E-state index contributed by atoms with van der Waals surface area (Å²) in [6.45, 7) is 3.92. The molecule has 0 radical (unpaired) electrons. The van der Waals surface area contributed by atoms with E-state index in [0.717, 1.165) is 46.1 Å². The number of aryl methyl sites for hydroxylation is 3. The molecular weight excluding hydrogens is 742 g/mol. The highest BCUT2D eigenvalue weighted by Gasteiger charge is 2.16. The van der Waals surface area contributed by atoms with Gasteiger partial charge in [0, 0.05) is 84.6 Å². The first kappa shape index (κ1) is 38.4. The Kier molecular flexibility index (Phi) is 13.4. The molecule has 0 bridgehead atoms. The van der Waals surface area contributed by atoms with E-state index in [2.05, 4.69) is 35.8 Å². The topological polar surface area (TPSA) is 113 Å². The van der Waals surface area contributed by atoms with E-state index in [1.54, 1.807) is 53.1 Å². The summed E-state index contributed by atoms with van der Waals surface area (Å²) in [5, 5.41) is 31.0. The minimum atomic E-state index is -1.01. The molecule has 0 aliphatic heterocycles. The van der Waals surface area contributed by atoms with Gasteiger partial charge in [-0.25, -0.2) is 4.79 Å². The standard InChI is InChI=1S/C20H16Cl2N2O3.C20H18Cl2N2O/c21-16-4-3-5-17(22)15(16)12-27-14-6-7-18-13(10-14)11-19(20(25)26)24(18)9-2-1-8-23;1-14-11-15-12-16(7-8-20(15)24(14)10-3-2-9-23)25-13-17-18(21)5-4-6-19(17)22/h3-7,10-11H,1-2,9,12H2,(H,25,26);4-8,11-12H,2-3,10,13H2,1H3. The van der Waals surface area contributed by atoms with E-state index in [1.807, 2.05) is 24.3 Å². The lowest BCUT2D eigenvalue weighted by Crippen LogP contribution is -2.08. The molecule has 0 saturated heterocycles. The monoisotopic (exact) mass is 774 g/mol. The Bertz CT molecular complexity index is 2260. The summed E-state index contributed by atoms with van der Waals surface area (Å²) in [4.78, 5) is 11.5. The number of fused-ring (bicyclic) bond motifs is 2. The molecule has 6 rings (SSSR count). The van der Waals surface area contributed by atoms with Gasteiger partial charge >= 0.3 is 5.97 Å². The number of ether oxygens (including phenoxy) is 2. The lowest BCUT2D eigenvalue weighted by molar-refractivity contribution is 0.0685. The largest absolute Gasteiger partial charge is 0.489 e. The fourth-order valence-corrected chi connectivity index (χ4v) is 6.83. The summed E-state index contributed by atoms with van der Waals surface area (Å²) >= 11 is 24.7. The fourth-order valence-electron chi connectivity index (χ4n) is 5.81. The summed E-state index contributed by atoms with van der Waals surface area (Å²) in [7, 11) is 0. The maximum absolute atomic E-state index is 11.5. The number of unbranched alkanes of at least 4 members (excludes halogenated alkanes) is 2. The zero-order valence-electron chi connectivity index (χ0n) is 28.2. The second-order valence-corrected chi connectivity index (χ2v) is 13.5. The van der Waals surface area contributed by atoms with E-state index >= 15 is 0 Å². The van der Waals surface area contributed by atoms with Crippen molar-refractivity contribution >= 4 is 74.2 Å². The van der Waals surface area contributed by atoms with Crippen LogP contribution >= 0.6 is 46.4 Å². The van der Waals surface area contributed by atoms with Gasteiger partial charge in [-0.05, 0) is 92.6 Å². The lowest BCUT2D eigenvalue weighted by Gasteiger charge is -2.10. The van der Waals surface area contributed by atoms with Crippen LogP contribution in [0.15, 0.2) is 84.9 Å². The number of aromatic carboxylic acids is 1. The molecule has 52 heavy (non-hydrogen) atoms. The summed E-state index contributed by atoms with van der Waals surface area (Å²) in [5.74, 6) is 0.357. The van der Waals surface area contributed by atoms with Gasteiger partial charge in [-0.1, -0.05) is 58.5 Å². The quantitative estimate of drug-likeness (QED) is 0.117. The Balaban J connectivity index is 0.000000202. The van der Waals surface area contributed by atoms with Crippen LogP contribution in [0.2, 0.25) is 20.1 Å². The molecule has 0 aliphatic carbocycles. The van der Waals surface area contributed by atoms with Gasteiger partial charge in [0.1, 0.15) is 30.4 Å². The summed E-state index contributed by atoms with van der Waals surface area (Å²) in [6.07, 6.45) is 2.38. The van der Waals surface area contributed by atoms with Crippen molar-refractivity contribution in [1.29, 1.82) is 10.5 Å². The van der Waals surface area contributed by atoms with E-state index in [4.69, 9.17) is 66.4 Å². The van der Waals surface area contributed by atoms with Crippen LogP contribution in [0.4, 0.5) is 0 Å². The molecular formula is C40H34Cl4N4O4. The number of aromatic nitrogens is 2. The van der Waals surface area contributed by atoms with Crippen molar-refractivity contribution in [3.8, 4) is 23.6 Å². The molecule has 0 saturated carbocycles. The normalized spacial score (nSPS) is 10.8. The second kappa shape index (κ2) is 18.1. The average Bonchev–Trinajstić information content (AvgIpc) is 3.64. The molecule has 0 amide bonds. The van der Waals surface area contributed by atoms with Crippen LogP contribution in [0.25, 0.3) is 21.8 Å². The zero-order valence-corrected chi connectivity index (χ0v) is 31.2. The highest BCUT2D eigenvalue weighted by molar-refractivity contribution is 6.36. The number of hydrogen-bond donors (Lipinski definition) is 1. The predicted molar refractivity (Wildman–Crippen MR) is 207 cm³/mol. The van der Waals surface area contributed by atoms with Gasteiger partial charge in [-0.15, -0.1) is 0 Å². The molecule has 8 nitrogen and oxygen atoms in total. The number of carbonyl (C=O) groups is 1. The van der Waals surface area contributed by atoms with E-state index in [0.29, 0.717) is 63.8 Å². The van der Waals surface area contributed by atoms with Crippen LogP contribution in [0, 0.1) is 29.6 Å². The smallest absolute Gasteiger partial charge is 0.352 e. The first-order chi connectivity index (χ1) is 25.1. The summed E-state index contributed by atoms with van der Waals surface area (Å²) < 4.78 is 15.6. The average molecular weight is 777 g/mol. The molecule has 1 N–H and O–H groups in total. The van der Waals surface area contributed by atoms with Gasteiger partial charge in [-0.3, -0.25) is 0 Å². The van der Waals surface area contributed by atoms with Crippen molar-refractivity contribution < 1.29 is 19.4 Å². The zero-order chi connectivity index (χ0) is 37.2. The van der Waals surface area contributed by atoms with Crippen molar-refractivity contribution in [2.45, 2.75) is 58.9 Å². The second-order valence-electron chi connectivity index (χ2n) is 11.9. The van der Waals surface area contributed by atoms with Gasteiger partial charge < -0.3 is 23.7 Å². The first-order valence-electron chi connectivity index (χ1n) is 16.4. The van der Waals surface area contributed by atoms with E-state index in [1.165, 1.54) is 5.69 Å². The number of nitriles is 2. The molecule has 266 valence electrons. The van der Waals surface area contributed by atoms with Crippen molar-refractivity contribution in [3.05, 3.63) is 128 Å². The van der Waals surface area contributed by atoms with Crippen LogP contribution in [0.1, 0.15) is 53.0 Å². The molecule has 6 aromatic rings. The third-order valence-electron chi connectivity index (χ3n) is 8.40. The number of nitrogens with zero attached hydrogens (tertiary/aromatic N) is 4. The number of carboxylic acids is 1. The van der Waals surface area contributed by atoms with E-state index in [9.17, 15) is 9.90 Å². The van der Waals surface area contributed by atoms with E-state index < -0.39 is 5.97 Å². The van der Waals surface area contributed by atoms with Crippen LogP contribution in [0.5, 0.6) is 11.5 Å². The third-order valence-corrected chi connectivity index (χ3v) is 9.82. The molecule has 0 fully saturated rings. The number of hydrogen-bond acceptors (Lipinski definition) is 5. The van der Waals surface area contributed by atoms with Crippen LogP contribution < -0.4 is 9.47 Å². The van der Waals surface area contributed by atoms with Crippen LogP contribution in [-0.2, 0) is 26.3 Å². The molecule has 2 heterocycles. The van der Waals surface area contributed by atoms with Crippen molar-refractivity contribution in [3.63, 3.8) is 0 Å². The van der Waals surface area contributed by atoms with Crippen molar-refractivity contribution in [1.82, 2.24) is 9.13 Å². The molecule has 4 aromatic carbocycles. The Morgan fingerprint density at radius 1 is 0.673 bits per heavy atom. The lowest BCUT2D eigenvalue weighted by atomic mass is 10.2. The van der Waals surface area contributed by atoms with Gasteiger partial charge in [0.15, 0.2) is 0 Å². The minimum Gasteiger partial charge on any atom is -0.489 e. The first-order valence-corrected chi connectivity index (χ1v) is 17.9. The maximum Gasteiger partial charge on any atom is 0.352 e.